The zero-order chi connectivity index (χ0) is 18.6. The summed E-state index contributed by atoms with van der Waals surface area (Å²) in [6, 6.07) is 8.14. The lowest BCUT2D eigenvalue weighted by molar-refractivity contribution is -0.137. The molecule has 0 heterocycles. The number of carbonyl (C=O) groups excluding carboxylic acids is 1. The van der Waals surface area contributed by atoms with Gasteiger partial charge in [-0.15, -0.1) is 0 Å². The third kappa shape index (κ3) is 4.71. The van der Waals surface area contributed by atoms with Gasteiger partial charge in [0.2, 0.25) is 0 Å². The number of anilines is 1. The van der Waals surface area contributed by atoms with E-state index in [2.05, 4.69) is 5.32 Å². The van der Waals surface area contributed by atoms with Crippen LogP contribution in [0.4, 0.5) is 5.69 Å². The average Bonchev–Trinajstić information content (AvgIpc) is 2.51. The number of carboxylic acids is 2. The topological polar surface area (TPSA) is 144 Å². The van der Waals surface area contributed by atoms with Crippen LogP contribution in [0.25, 0.3) is 0 Å². The van der Waals surface area contributed by atoms with Crippen LogP contribution in [-0.2, 0) is 22.4 Å². The normalized spacial score (nSPS) is 10.2. The summed E-state index contributed by atoms with van der Waals surface area (Å²) in [7, 11) is 0. The number of phenolic OH excluding ortho intramolecular Hbond substituents is 2. The van der Waals surface area contributed by atoms with Gasteiger partial charge in [-0.2, -0.15) is 0 Å². The Morgan fingerprint density at radius 2 is 1.48 bits per heavy atom. The van der Waals surface area contributed by atoms with Crippen molar-refractivity contribution in [3.63, 3.8) is 0 Å². The molecular formula is C17H15NO7. The molecule has 2 rings (SSSR count). The molecule has 0 radical (unpaired) electrons. The molecule has 0 fully saturated rings. The fourth-order valence-corrected chi connectivity index (χ4v) is 2.23. The molecule has 1 amide bonds. The minimum absolute atomic E-state index is 0.0885. The van der Waals surface area contributed by atoms with Crippen molar-refractivity contribution in [1.82, 2.24) is 0 Å². The highest BCUT2D eigenvalue weighted by Gasteiger charge is 2.18. The number of benzene rings is 2. The molecule has 0 spiro atoms. The quantitative estimate of drug-likeness (QED) is 0.500. The largest absolute Gasteiger partial charge is 0.508 e. The zero-order valence-corrected chi connectivity index (χ0v) is 12.9. The Kier molecular flexibility index (Phi) is 5.23. The van der Waals surface area contributed by atoms with Crippen molar-refractivity contribution in [2.24, 2.45) is 0 Å². The molecule has 0 aliphatic rings. The van der Waals surface area contributed by atoms with E-state index in [-0.39, 0.29) is 23.3 Å². The summed E-state index contributed by atoms with van der Waals surface area (Å²) in [5.41, 5.74) is 0.538. The average molecular weight is 345 g/mol. The van der Waals surface area contributed by atoms with Crippen LogP contribution in [0.15, 0.2) is 36.4 Å². The first-order valence-corrected chi connectivity index (χ1v) is 7.15. The number of nitrogens with one attached hydrogen (secondary N) is 1. The van der Waals surface area contributed by atoms with E-state index in [0.717, 1.165) is 12.1 Å². The molecule has 0 saturated heterocycles. The Bertz CT molecular complexity index is 828. The maximum absolute atomic E-state index is 12.3. The summed E-state index contributed by atoms with van der Waals surface area (Å²) >= 11 is 0. The number of carboxylic acid groups (broad SMARTS) is 2. The molecule has 8 nitrogen and oxygen atoms in total. The number of amides is 1. The predicted octanol–water partition coefficient (Wildman–Crippen LogP) is 1.60. The van der Waals surface area contributed by atoms with Gasteiger partial charge >= 0.3 is 11.9 Å². The molecule has 2 aromatic rings. The number of rotatable bonds is 6. The molecule has 2 aromatic carbocycles. The number of hydrogen-bond acceptors (Lipinski definition) is 5. The van der Waals surface area contributed by atoms with Gasteiger partial charge in [-0.25, -0.2) is 0 Å². The summed E-state index contributed by atoms with van der Waals surface area (Å²) in [6.07, 6.45) is -0.704. The van der Waals surface area contributed by atoms with Crippen LogP contribution in [-0.4, -0.2) is 38.3 Å². The monoisotopic (exact) mass is 345 g/mol. The standard InChI is InChI=1S/C17H15NO7/c19-12-6-10(7-15(22)23)16(24)13(8-12)17(25)18-11-3-1-9(2-4-11)5-14(20)21/h1-4,6,8,19,24H,5,7H2,(H,18,25)(H,20,21)(H,22,23). The van der Waals surface area contributed by atoms with Crippen LogP contribution >= 0.6 is 0 Å². The Hall–Kier alpha value is -3.55. The first kappa shape index (κ1) is 17.8. The molecule has 0 bridgehead atoms. The number of carbonyl (C=O) groups is 3. The maximum Gasteiger partial charge on any atom is 0.307 e. The summed E-state index contributed by atoms with van der Waals surface area (Å²) in [5.74, 6) is -3.82. The highest BCUT2D eigenvalue weighted by molar-refractivity contribution is 6.06. The fraction of sp³-hybridized carbons (Fsp3) is 0.118. The van der Waals surface area contributed by atoms with E-state index < -0.39 is 30.0 Å². The van der Waals surface area contributed by atoms with Crippen LogP contribution in [0.5, 0.6) is 11.5 Å². The molecule has 0 atom stereocenters. The maximum atomic E-state index is 12.3. The molecule has 0 aromatic heterocycles. The van der Waals surface area contributed by atoms with E-state index in [1.807, 2.05) is 0 Å². The van der Waals surface area contributed by atoms with E-state index in [9.17, 15) is 24.6 Å². The smallest absolute Gasteiger partial charge is 0.307 e. The van der Waals surface area contributed by atoms with E-state index in [4.69, 9.17) is 10.2 Å². The van der Waals surface area contributed by atoms with E-state index >= 15 is 0 Å². The number of aromatic hydroxyl groups is 2. The minimum atomic E-state index is -1.22. The van der Waals surface area contributed by atoms with Gasteiger partial charge in [-0.05, 0) is 29.8 Å². The van der Waals surface area contributed by atoms with Gasteiger partial charge in [-0.1, -0.05) is 12.1 Å². The van der Waals surface area contributed by atoms with E-state index in [1.54, 1.807) is 0 Å². The summed E-state index contributed by atoms with van der Waals surface area (Å²) in [5, 5.41) is 39.7. The lowest BCUT2D eigenvalue weighted by Crippen LogP contribution is -2.13. The van der Waals surface area contributed by atoms with Crippen LogP contribution in [0.2, 0.25) is 0 Å². The van der Waals surface area contributed by atoms with Crippen molar-refractivity contribution >= 4 is 23.5 Å². The van der Waals surface area contributed by atoms with Gasteiger partial charge in [0.15, 0.2) is 0 Å². The predicted molar refractivity (Wildman–Crippen MR) is 86.8 cm³/mol. The number of aliphatic carboxylic acids is 2. The first-order valence-electron chi connectivity index (χ1n) is 7.15. The van der Waals surface area contributed by atoms with Crippen molar-refractivity contribution in [1.29, 1.82) is 0 Å². The van der Waals surface area contributed by atoms with Gasteiger partial charge in [-0.3, -0.25) is 14.4 Å². The SMILES string of the molecule is O=C(O)Cc1ccc(NC(=O)c2cc(O)cc(CC(=O)O)c2O)cc1. The number of phenols is 2. The van der Waals surface area contributed by atoms with Gasteiger partial charge in [0.25, 0.3) is 5.91 Å². The van der Waals surface area contributed by atoms with Gasteiger partial charge in [0.05, 0.1) is 18.4 Å². The van der Waals surface area contributed by atoms with Crippen LogP contribution in [0, 0.1) is 0 Å². The van der Waals surface area contributed by atoms with Crippen molar-refractivity contribution in [2.75, 3.05) is 5.32 Å². The highest BCUT2D eigenvalue weighted by Crippen LogP contribution is 2.29. The molecule has 0 saturated carbocycles. The molecule has 5 N–H and O–H groups in total. The number of hydrogen-bond donors (Lipinski definition) is 5. The Labute approximate surface area is 142 Å². The molecule has 130 valence electrons. The fourth-order valence-electron chi connectivity index (χ4n) is 2.23. The molecule has 8 heteroatoms. The van der Waals surface area contributed by atoms with Crippen molar-refractivity contribution in [3.8, 4) is 11.5 Å². The summed E-state index contributed by atoms with van der Waals surface area (Å²) in [6.45, 7) is 0. The van der Waals surface area contributed by atoms with Crippen LogP contribution in [0.1, 0.15) is 21.5 Å². The van der Waals surface area contributed by atoms with Gasteiger partial charge in [0.1, 0.15) is 11.5 Å². The second kappa shape index (κ2) is 7.35. The van der Waals surface area contributed by atoms with Crippen LogP contribution < -0.4 is 5.32 Å². The van der Waals surface area contributed by atoms with Gasteiger partial charge in [0, 0.05) is 11.3 Å². The van der Waals surface area contributed by atoms with Crippen LogP contribution in [0.3, 0.4) is 0 Å². The summed E-state index contributed by atoms with van der Waals surface area (Å²) in [4.78, 5) is 33.7. The van der Waals surface area contributed by atoms with E-state index in [0.29, 0.717) is 11.3 Å². The Morgan fingerprint density at radius 1 is 0.880 bits per heavy atom. The Balaban J connectivity index is 2.21. The minimum Gasteiger partial charge on any atom is -0.508 e. The van der Waals surface area contributed by atoms with Crippen molar-refractivity contribution < 1.29 is 34.8 Å². The summed E-state index contributed by atoms with van der Waals surface area (Å²) < 4.78 is 0. The van der Waals surface area contributed by atoms with E-state index in [1.165, 1.54) is 24.3 Å². The highest BCUT2D eigenvalue weighted by atomic mass is 16.4. The molecule has 0 unspecified atom stereocenters. The van der Waals surface area contributed by atoms with Crippen molar-refractivity contribution in [2.45, 2.75) is 12.8 Å². The first-order chi connectivity index (χ1) is 11.8. The Morgan fingerprint density at radius 3 is 2.04 bits per heavy atom. The molecule has 0 aliphatic carbocycles. The van der Waals surface area contributed by atoms with Gasteiger partial charge < -0.3 is 25.7 Å². The molecule has 0 aliphatic heterocycles. The lowest BCUT2D eigenvalue weighted by Gasteiger charge is -2.11. The third-order valence-electron chi connectivity index (χ3n) is 3.33. The lowest BCUT2D eigenvalue weighted by atomic mass is 10.0. The zero-order valence-electron chi connectivity index (χ0n) is 12.9. The molecule has 25 heavy (non-hydrogen) atoms. The third-order valence-corrected chi connectivity index (χ3v) is 3.33. The second-order valence-electron chi connectivity index (χ2n) is 5.29. The molecular weight excluding hydrogens is 330 g/mol. The van der Waals surface area contributed by atoms with Crippen molar-refractivity contribution in [3.05, 3.63) is 53.1 Å². The second-order valence-corrected chi connectivity index (χ2v) is 5.29.